The lowest BCUT2D eigenvalue weighted by molar-refractivity contribution is 0.460. The highest BCUT2D eigenvalue weighted by Crippen LogP contribution is 2.33. The van der Waals surface area contributed by atoms with E-state index in [1.807, 2.05) is 0 Å². The predicted octanol–water partition coefficient (Wildman–Crippen LogP) is 4.18. The highest BCUT2D eigenvalue weighted by atomic mass is 79.9. The highest BCUT2D eigenvalue weighted by Gasteiger charge is 2.19. The first kappa shape index (κ1) is 13.2. The van der Waals surface area contributed by atoms with Gasteiger partial charge >= 0.3 is 0 Å². The van der Waals surface area contributed by atoms with Crippen molar-refractivity contribution in [3.8, 4) is 11.3 Å². The first-order chi connectivity index (χ1) is 9.24. The second-order valence-corrected chi connectivity index (χ2v) is 6.48. The van der Waals surface area contributed by atoms with Crippen LogP contribution in [0.1, 0.15) is 23.8 Å². The molecule has 1 aromatic heterocycles. The maximum Gasteiger partial charge on any atom is 0.124 e. The van der Waals surface area contributed by atoms with Crippen molar-refractivity contribution in [2.75, 3.05) is 13.1 Å². The fourth-order valence-electron chi connectivity index (χ4n) is 2.36. The molecule has 1 aliphatic rings. The minimum atomic E-state index is -0.234. The molecule has 1 aliphatic heterocycles. The Morgan fingerprint density at radius 1 is 1.42 bits per heavy atom. The molecule has 0 radical (unpaired) electrons. The van der Waals surface area contributed by atoms with Gasteiger partial charge in [0.2, 0.25) is 0 Å². The summed E-state index contributed by atoms with van der Waals surface area (Å²) in [6.07, 6.45) is 2.41. The van der Waals surface area contributed by atoms with E-state index in [0.29, 0.717) is 5.92 Å². The molecule has 1 saturated heterocycles. The van der Waals surface area contributed by atoms with Gasteiger partial charge in [0.15, 0.2) is 0 Å². The van der Waals surface area contributed by atoms with Gasteiger partial charge in [-0.2, -0.15) is 0 Å². The van der Waals surface area contributed by atoms with E-state index < -0.39 is 0 Å². The smallest absolute Gasteiger partial charge is 0.124 e. The first-order valence-electron chi connectivity index (χ1n) is 6.35. The molecule has 1 unspecified atom stereocenters. The molecule has 1 fully saturated rings. The van der Waals surface area contributed by atoms with E-state index in [4.69, 9.17) is 4.98 Å². The van der Waals surface area contributed by atoms with Gasteiger partial charge in [0, 0.05) is 27.9 Å². The average molecular weight is 341 g/mol. The van der Waals surface area contributed by atoms with Crippen molar-refractivity contribution >= 4 is 27.3 Å². The fraction of sp³-hybridized carbons (Fsp3) is 0.357. The summed E-state index contributed by atoms with van der Waals surface area (Å²) >= 11 is 5.10. The van der Waals surface area contributed by atoms with E-state index in [-0.39, 0.29) is 5.82 Å². The van der Waals surface area contributed by atoms with E-state index >= 15 is 0 Å². The minimum absolute atomic E-state index is 0.234. The molecule has 2 aromatic rings. The zero-order valence-electron chi connectivity index (χ0n) is 10.3. The van der Waals surface area contributed by atoms with Crippen LogP contribution in [0, 0.1) is 5.82 Å². The molecule has 100 valence electrons. The van der Waals surface area contributed by atoms with Gasteiger partial charge in [-0.05, 0) is 53.5 Å². The summed E-state index contributed by atoms with van der Waals surface area (Å²) in [4.78, 5) is 4.72. The predicted molar refractivity (Wildman–Crippen MR) is 80.1 cm³/mol. The van der Waals surface area contributed by atoms with Crippen molar-refractivity contribution in [2.45, 2.75) is 18.8 Å². The van der Waals surface area contributed by atoms with Gasteiger partial charge in [0.1, 0.15) is 5.82 Å². The van der Waals surface area contributed by atoms with Crippen LogP contribution in [0.15, 0.2) is 28.1 Å². The molecule has 1 N–H and O–H groups in total. The Morgan fingerprint density at radius 3 is 3.05 bits per heavy atom. The SMILES string of the molecule is Fc1ccc(-c2csc(C3CCCNC3)n2)c(Br)c1. The third-order valence-corrected chi connectivity index (χ3v) is 5.04. The van der Waals surface area contributed by atoms with E-state index in [0.717, 1.165) is 28.8 Å². The first-order valence-corrected chi connectivity index (χ1v) is 8.03. The molecule has 0 spiro atoms. The van der Waals surface area contributed by atoms with E-state index in [9.17, 15) is 4.39 Å². The number of halogens is 2. The van der Waals surface area contributed by atoms with Gasteiger partial charge in [-0.1, -0.05) is 0 Å². The van der Waals surface area contributed by atoms with Crippen molar-refractivity contribution < 1.29 is 4.39 Å². The fourth-order valence-corrected chi connectivity index (χ4v) is 3.87. The van der Waals surface area contributed by atoms with Crippen molar-refractivity contribution in [3.05, 3.63) is 38.9 Å². The third-order valence-electron chi connectivity index (χ3n) is 3.38. The van der Waals surface area contributed by atoms with Crippen LogP contribution in [0.25, 0.3) is 11.3 Å². The third kappa shape index (κ3) is 2.88. The summed E-state index contributed by atoms with van der Waals surface area (Å²) in [5, 5.41) is 6.65. The normalized spacial score (nSPS) is 19.6. The van der Waals surface area contributed by atoms with Gasteiger partial charge in [-0.15, -0.1) is 11.3 Å². The number of thiazole rings is 1. The maximum absolute atomic E-state index is 13.1. The number of hydrogen-bond acceptors (Lipinski definition) is 3. The van der Waals surface area contributed by atoms with E-state index in [2.05, 4.69) is 26.6 Å². The Balaban J connectivity index is 1.87. The number of nitrogens with one attached hydrogen (secondary N) is 1. The Labute approximate surface area is 124 Å². The Morgan fingerprint density at radius 2 is 2.32 bits per heavy atom. The maximum atomic E-state index is 13.1. The lowest BCUT2D eigenvalue weighted by Gasteiger charge is -2.20. The topological polar surface area (TPSA) is 24.9 Å². The van der Waals surface area contributed by atoms with Crippen LogP contribution in [0.4, 0.5) is 4.39 Å². The summed E-state index contributed by atoms with van der Waals surface area (Å²) in [6.45, 7) is 2.12. The number of benzene rings is 1. The molecule has 2 heterocycles. The number of hydrogen-bond donors (Lipinski definition) is 1. The minimum Gasteiger partial charge on any atom is -0.316 e. The van der Waals surface area contributed by atoms with Crippen molar-refractivity contribution in [3.63, 3.8) is 0 Å². The number of rotatable bonds is 2. The van der Waals surface area contributed by atoms with Crippen LogP contribution in [-0.2, 0) is 0 Å². The molecule has 0 saturated carbocycles. The van der Waals surface area contributed by atoms with Crippen LogP contribution in [-0.4, -0.2) is 18.1 Å². The lowest BCUT2D eigenvalue weighted by atomic mass is 10.0. The molecule has 19 heavy (non-hydrogen) atoms. The summed E-state index contributed by atoms with van der Waals surface area (Å²) < 4.78 is 13.9. The number of piperidine rings is 1. The van der Waals surface area contributed by atoms with Crippen LogP contribution < -0.4 is 5.32 Å². The van der Waals surface area contributed by atoms with Gasteiger partial charge in [-0.25, -0.2) is 9.37 Å². The number of aromatic nitrogens is 1. The molecular weight excluding hydrogens is 327 g/mol. The molecule has 3 rings (SSSR count). The molecule has 5 heteroatoms. The quantitative estimate of drug-likeness (QED) is 0.886. The van der Waals surface area contributed by atoms with Gasteiger partial charge in [0.25, 0.3) is 0 Å². The molecule has 1 aromatic carbocycles. The summed E-state index contributed by atoms with van der Waals surface area (Å²) in [5.41, 5.74) is 1.88. The molecule has 0 bridgehead atoms. The molecule has 0 amide bonds. The van der Waals surface area contributed by atoms with Gasteiger partial charge in [-0.3, -0.25) is 0 Å². The molecular formula is C14H14BrFN2S. The molecule has 0 aliphatic carbocycles. The zero-order valence-corrected chi connectivity index (χ0v) is 12.7. The van der Waals surface area contributed by atoms with Crippen molar-refractivity contribution in [2.24, 2.45) is 0 Å². The summed E-state index contributed by atoms with van der Waals surface area (Å²) in [5.74, 6) is 0.286. The monoisotopic (exact) mass is 340 g/mol. The van der Waals surface area contributed by atoms with Crippen molar-refractivity contribution in [1.29, 1.82) is 0 Å². The van der Waals surface area contributed by atoms with Crippen molar-refractivity contribution in [1.82, 2.24) is 10.3 Å². The highest BCUT2D eigenvalue weighted by molar-refractivity contribution is 9.10. The largest absolute Gasteiger partial charge is 0.316 e. The Kier molecular flexibility index (Phi) is 3.96. The standard InChI is InChI=1S/C14H14BrFN2S/c15-12-6-10(16)3-4-11(12)13-8-19-14(18-13)9-2-1-5-17-7-9/h3-4,6,8-9,17H,1-2,5,7H2. The van der Waals surface area contributed by atoms with Crippen LogP contribution in [0.3, 0.4) is 0 Å². The van der Waals surface area contributed by atoms with Gasteiger partial charge in [0.05, 0.1) is 10.7 Å². The van der Waals surface area contributed by atoms with E-state index in [1.165, 1.54) is 30.0 Å². The molecule has 2 nitrogen and oxygen atoms in total. The summed E-state index contributed by atoms with van der Waals surface area (Å²) in [7, 11) is 0. The van der Waals surface area contributed by atoms with E-state index in [1.54, 1.807) is 17.4 Å². The van der Waals surface area contributed by atoms with Crippen LogP contribution in [0.2, 0.25) is 0 Å². The lowest BCUT2D eigenvalue weighted by Crippen LogP contribution is -2.28. The molecule has 1 atom stereocenters. The second-order valence-electron chi connectivity index (χ2n) is 4.74. The second kappa shape index (κ2) is 5.69. The van der Waals surface area contributed by atoms with Gasteiger partial charge < -0.3 is 5.32 Å². The van der Waals surface area contributed by atoms with Crippen LogP contribution in [0.5, 0.6) is 0 Å². The van der Waals surface area contributed by atoms with Crippen LogP contribution >= 0.6 is 27.3 Å². The Hall–Kier alpha value is -0.780. The number of nitrogens with zero attached hydrogens (tertiary/aromatic N) is 1. The summed E-state index contributed by atoms with van der Waals surface area (Å²) in [6, 6.07) is 4.73. The average Bonchev–Trinajstić information content (AvgIpc) is 2.89. The Bertz CT molecular complexity index is 579. The zero-order chi connectivity index (χ0) is 13.2.